The molecule has 1 heterocycles. The van der Waals surface area contributed by atoms with Crippen LogP contribution >= 0.6 is 23.2 Å². The fourth-order valence-corrected chi connectivity index (χ4v) is 1.01. The first kappa shape index (κ1) is 12.0. The van der Waals surface area contributed by atoms with E-state index in [1.807, 2.05) is 0 Å². The van der Waals surface area contributed by atoms with Crippen LogP contribution in [0.25, 0.3) is 0 Å². The van der Waals surface area contributed by atoms with E-state index in [0.717, 1.165) is 0 Å². The van der Waals surface area contributed by atoms with Crippen molar-refractivity contribution in [1.82, 2.24) is 15.0 Å². The first-order chi connectivity index (χ1) is 6.99. The smallest absolute Gasteiger partial charge is 0.228 e. The molecule has 0 radical (unpaired) electrons. The molecule has 0 fully saturated rings. The zero-order chi connectivity index (χ0) is 11.4. The zero-order valence-electron chi connectivity index (χ0n) is 8.17. The summed E-state index contributed by atoms with van der Waals surface area (Å²) in [5.41, 5.74) is 5.49. The van der Waals surface area contributed by atoms with Crippen LogP contribution in [0.5, 0.6) is 0 Å². The summed E-state index contributed by atoms with van der Waals surface area (Å²) in [6.45, 7) is 5.64. The summed E-state index contributed by atoms with van der Waals surface area (Å²) in [5, 5.41) is 2.98. The predicted molar refractivity (Wildman–Crippen MR) is 62.0 cm³/mol. The van der Waals surface area contributed by atoms with Gasteiger partial charge < -0.3 is 11.1 Å². The van der Waals surface area contributed by atoms with Gasteiger partial charge >= 0.3 is 0 Å². The number of rotatable bonds is 4. The largest absolute Gasteiger partial charge is 0.368 e. The van der Waals surface area contributed by atoms with Gasteiger partial charge in [-0.2, -0.15) is 15.0 Å². The second-order valence-corrected chi connectivity index (χ2v) is 4.05. The Balaban J connectivity index is 2.84. The van der Waals surface area contributed by atoms with Crippen LogP contribution in [0.1, 0.15) is 18.1 Å². The van der Waals surface area contributed by atoms with Gasteiger partial charge in [-0.3, -0.25) is 0 Å². The van der Waals surface area contributed by atoms with Crippen molar-refractivity contribution < 1.29 is 0 Å². The summed E-state index contributed by atoms with van der Waals surface area (Å²) >= 11 is 11.4. The van der Waals surface area contributed by atoms with E-state index in [2.05, 4.69) is 26.8 Å². The topological polar surface area (TPSA) is 76.7 Å². The molecular weight excluding hydrogens is 237 g/mol. The van der Waals surface area contributed by atoms with Gasteiger partial charge in [0, 0.05) is 5.03 Å². The normalized spacial score (nSPS) is 12.2. The molecule has 15 heavy (non-hydrogen) atoms. The molecule has 1 aromatic heterocycles. The molecule has 3 N–H and O–H groups in total. The van der Waals surface area contributed by atoms with Gasteiger partial charge in [0.05, 0.1) is 11.9 Å². The van der Waals surface area contributed by atoms with Crippen molar-refractivity contribution in [2.24, 2.45) is 0 Å². The van der Waals surface area contributed by atoms with Crippen LogP contribution in [0.4, 0.5) is 11.9 Å². The minimum Gasteiger partial charge on any atom is -0.368 e. The summed E-state index contributed by atoms with van der Waals surface area (Å²) in [6.07, 6.45) is 0. The third-order valence-electron chi connectivity index (χ3n) is 1.46. The Kier molecular flexibility index (Phi) is 4.11. The molecule has 1 aromatic rings. The maximum Gasteiger partial charge on any atom is 0.228 e. The number of nitrogens with zero attached hydrogens (tertiary/aromatic N) is 3. The minimum atomic E-state index is -0.324. The van der Waals surface area contributed by atoms with Crippen molar-refractivity contribution in [3.8, 4) is 0 Å². The lowest BCUT2D eigenvalue weighted by Crippen LogP contribution is -2.10. The SMILES string of the molecule is C=C(Cl)CNc1nc(N)nc(C(C)Cl)n1. The molecule has 0 spiro atoms. The molecule has 0 bridgehead atoms. The van der Waals surface area contributed by atoms with Crippen molar-refractivity contribution in [3.05, 3.63) is 17.4 Å². The summed E-state index contributed by atoms with van der Waals surface area (Å²) in [4.78, 5) is 11.8. The van der Waals surface area contributed by atoms with E-state index in [1.54, 1.807) is 6.92 Å². The number of halogens is 2. The van der Waals surface area contributed by atoms with Crippen LogP contribution in [0.3, 0.4) is 0 Å². The molecule has 0 aromatic carbocycles. The zero-order valence-corrected chi connectivity index (χ0v) is 9.68. The highest BCUT2D eigenvalue weighted by molar-refractivity contribution is 6.29. The lowest BCUT2D eigenvalue weighted by Gasteiger charge is -2.07. The highest BCUT2D eigenvalue weighted by Gasteiger charge is 2.08. The van der Waals surface area contributed by atoms with Crippen LogP contribution in [0.2, 0.25) is 0 Å². The highest BCUT2D eigenvalue weighted by Crippen LogP contribution is 2.16. The maximum atomic E-state index is 5.83. The Labute approximate surface area is 97.7 Å². The molecular formula is C8H11Cl2N5. The lowest BCUT2D eigenvalue weighted by molar-refractivity contribution is 0.883. The molecule has 0 amide bonds. The Morgan fingerprint density at radius 3 is 2.73 bits per heavy atom. The van der Waals surface area contributed by atoms with Crippen LogP contribution < -0.4 is 11.1 Å². The van der Waals surface area contributed by atoms with E-state index in [1.165, 1.54) is 0 Å². The maximum absolute atomic E-state index is 5.83. The molecule has 0 aliphatic rings. The van der Waals surface area contributed by atoms with Gasteiger partial charge in [-0.15, -0.1) is 11.6 Å². The third kappa shape index (κ3) is 3.89. The molecule has 0 saturated carbocycles. The molecule has 1 unspecified atom stereocenters. The van der Waals surface area contributed by atoms with E-state index < -0.39 is 0 Å². The van der Waals surface area contributed by atoms with Gasteiger partial charge in [0.2, 0.25) is 11.9 Å². The van der Waals surface area contributed by atoms with E-state index in [-0.39, 0.29) is 11.3 Å². The number of nitrogen functional groups attached to an aromatic ring is 1. The average molecular weight is 248 g/mol. The van der Waals surface area contributed by atoms with Crippen LogP contribution in [-0.2, 0) is 0 Å². The summed E-state index contributed by atoms with van der Waals surface area (Å²) in [6, 6.07) is 0. The van der Waals surface area contributed by atoms with Gasteiger partial charge in [0.15, 0.2) is 5.82 Å². The van der Waals surface area contributed by atoms with Crippen LogP contribution in [0, 0.1) is 0 Å². The second kappa shape index (κ2) is 5.14. The Hall–Kier alpha value is -1.07. The van der Waals surface area contributed by atoms with Crippen molar-refractivity contribution >= 4 is 35.1 Å². The second-order valence-electron chi connectivity index (χ2n) is 2.86. The van der Waals surface area contributed by atoms with Gasteiger partial charge in [-0.25, -0.2) is 0 Å². The van der Waals surface area contributed by atoms with Gasteiger partial charge in [0.1, 0.15) is 0 Å². The lowest BCUT2D eigenvalue weighted by atomic mass is 10.4. The molecule has 82 valence electrons. The number of aromatic nitrogens is 3. The Morgan fingerprint density at radius 1 is 1.53 bits per heavy atom. The first-order valence-electron chi connectivity index (χ1n) is 4.21. The monoisotopic (exact) mass is 247 g/mol. The Bertz CT molecular complexity index is 366. The quantitative estimate of drug-likeness (QED) is 0.796. The van der Waals surface area contributed by atoms with Gasteiger partial charge in [-0.1, -0.05) is 18.2 Å². The first-order valence-corrected chi connectivity index (χ1v) is 5.03. The summed E-state index contributed by atoms with van der Waals surface area (Å²) < 4.78 is 0. The number of nitrogens with two attached hydrogens (primary N) is 1. The molecule has 0 saturated heterocycles. The third-order valence-corrected chi connectivity index (χ3v) is 1.79. The molecule has 0 aliphatic heterocycles. The van der Waals surface area contributed by atoms with Crippen LogP contribution in [0.15, 0.2) is 11.6 Å². The van der Waals surface area contributed by atoms with Gasteiger partial charge in [0.25, 0.3) is 0 Å². The molecule has 1 atom stereocenters. The van der Waals surface area contributed by atoms with Crippen molar-refractivity contribution in [3.63, 3.8) is 0 Å². The molecule has 5 nitrogen and oxygen atoms in total. The van der Waals surface area contributed by atoms with Crippen molar-refractivity contribution in [2.75, 3.05) is 17.6 Å². The highest BCUT2D eigenvalue weighted by atomic mass is 35.5. The average Bonchev–Trinajstić information content (AvgIpc) is 2.13. The Morgan fingerprint density at radius 2 is 2.20 bits per heavy atom. The standard InChI is InChI=1S/C8H11Cl2N5/c1-4(9)3-12-8-14-6(5(2)10)13-7(11)15-8/h5H,1,3H2,2H3,(H3,11,12,13,14,15). The van der Waals surface area contributed by atoms with Gasteiger partial charge in [-0.05, 0) is 6.92 Å². The van der Waals surface area contributed by atoms with E-state index in [9.17, 15) is 0 Å². The van der Waals surface area contributed by atoms with E-state index in [0.29, 0.717) is 23.3 Å². The van der Waals surface area contributed by atoms with Crippen molar-refractivity contribution in [1.29, 1.82) is 0 Å². The molecule has 0 aliphatic carbocycles. The molecule has 1 rings (SSSR count). The predicted octanol–water partition coefficient (Wildman–Crippen LogP) is 1.92. The minimum absolute atomic E-state index is 0.121. The van der Waals surface area contributed by atoms with Crippen LogP contribution in [-0.4, -0.2) is 21.5 Å². The summed E-state index contributed by atoms with van der Waals surface area (Å²) in [7, 11) is 0. The number of hydrogen-bond acceptors (Lipinski definition) is 5. The fraction of sp³-hybridized carbons (Fsp3) is 0.375. The molecule has 7 heteroatoms. The number of alkyl halides is 1. The van der Waals surface area contributed by atoms with E-state index in [4.69, 9.17) is 28.9 Å². The van der Waals surface area contributed by atoms with E-state index >= 15 is 0 Å². The number of hydrogen-bond donors (Lipinski definition) is 2. The number of nitrogens with one attached hydrogen (secondary N) is 1. The van der Waals surface area contributed by atoms with Crippen molar-refractivity contribution in [2.45, 2.75) is 12.3 Å². The number of anilines is 2. The fourth-order valence-electron chi connectivity index (χ4n) is 0.841. The summed E-state index contributed by atoms with van der Waals surface area (Å²) in [5.74, 6) is 0.883.